The third-order valence-corrected chi connectivity index (χ3v) is 6.43. The van der Waals surface area contributed by atoms with Crippen molar-refractivity contribution >= 4 is 11.9 Å². The summed E-state index contributed by atoms with van der Waals surface area (Å²) >= 11 is 0. The van der Waals surface area contributed by atoms with Crippen molar-refractivity contribution in [3.05, 3.63) is 36.4 Å². The van der Waals surface area contributed by atoms with E-state index in [0.717, 1.165) is 57.1 Å². The van der Waals surface area contributed by atoms with Gasteiger partial charge in [-0.3, -0.25) is 4.79 Å². The van der Waals surface area contributed by atoms with Crippen LogP contribution in [0.5, 0.6) is 11.5 Å². The van der Waals surface area contributed by atoms with E-state index >= 15 is 0 Å². The average molecular weight is 415 g/mol. The molecular formula is C25H34O5. The Morgan fingerprint density at radius 2 is 1.47 bits per heavy atom. The van der Waals surface area contributed by atoms with Crippen molar-refractivity contribution in [3.63, 3.8) is 0 Å². The maximum Gasteiger partial charge on any atom is 0.330 e. The van der Waals surface area contributed by atoms with Gasteiger partial charge in [0.1, 0.15) is 17.6 Å². The molecule has 0 unspecified atom stereocenters. The van der Waals surface area contributed by atoms with E-state index in [1.807, 2.05) is 26.0 Å². The number of rotatable bonds is 7. The molecule has 164 valence electrons. The molecule has 0 heterocycles. The quantitative estimate of drug-likeness (QED) is 0.336. The molecule has 5 nitrogen and oxygen atoms in total. The van der Waals surface area contributed by atoms with Gasteiger partial charge in [-0.2, -0.15) is 0 Å². The van der Waals surface area contributed by atoms with Crippen molar-refractivity contribution in [3.8, 4) is 11.5 Å². The number of hydrogen-bond acceptors (Lipinski definition) is 5. The highest BCUT2D eigenvalue weighted by molar-refractivity contribution is 5.81. The second-order valence-corrected chi connectivity index (χ2v) is 8.41. The van der Waals surface area contributed by atoms with Crippen molar-refractivity contribution in [1.82, 2.24) is 0 Å². The van der Waals surface area contributed by atoms with Crippen molar-refractivity contribution < 1.29 is 23.8 Å². The number of allylic oxidation sites excluding steroid dienone is 1. The number of carbonyl (C=O) groups is 2. The second kappa shape index (κ2) is 11.2. The summed E-state index contributed by atoms with van der Waals surface area (Å²) in [6, 6.07) is 7.23. The fourth-order valence-corrected chi connectivity index (χ4v) is 4.81. The van der Waals surface area contributed by atoms with E-state index in [9.17, 15) is 9.59 Å². The lowest BCUT2D eigenvalue weighted by Gasteiger charge is -2.37. The topological polar surface area (TPSA) is 61.8 Å². The van der Waals surface area contributed by atoms with Gasteiger partial charge in [-0.1, -0.05) is 6.08 Å². The van der Waals surface area contributed by atoms with Crippen LogP contribution < -0.4 is 9.47 Å². The Hall–Kier alpha value is -2.30. The predicted octanol–water partition coefficient (Wildman–Crippen LogP) is 5.48. The molecule has 3 rings (SSSR count). The number of hydrogen-bond donors (Lipinski definition) is 0. The lowest BCUT2D eigenvalue weighted by Crippen LogP contribution is -2.31. The van der Waals surface area contributed by atoms with Crippen LogP contribution in [-0.2, 0) is 14.3 Å². The predicted molar refractivity (Wildman–Crippen MR) is 115 cm³/mol. The monoisotopic (exact) mass is 414 g/mol. The summed E-state index contributed by atoms with van der Waals surface area (Å²) in [5.41, 5.74) is 0. The highest BCUT2D eigenvalue weighted by Crippen LogP contribution is 2.41. The number of esters is 2. The fourth-order valence-electron chi connectivity index (χ4n) is 4.81. The third kappa shape index (κ3) is 6.35. The normalized spacial score (nSPS) is 26.9. The van der Waals surface area contributed by atoms with Gasteiger partial charge in [0.15, 0.2) is 0 Å². The third-order valence-electron chi connectivity index (χ3n) is 6.43. The summed E-state index contributed by atoms with van der Waals surface area (Å²) < 4.78 is 16.5. The summed E-state index contributed by atoms with van der Waals surface area (Å²) in [5, 5.41) is 0. The maximum atomic E-state index is 12.6. The van der Waals surface area contributed by atoms with Crippen LogP contribution in [0.4, 0.5) is 0 Å². The van der Waals surface area contributed by atoms with Crippen LogP contribution in [0, 0.1) is 17.8 Å². The van der Waals surface area contributed by atoms with E-state index in [1.165, 1.54) is 6.08 Å². The highest BCUT2D eigenvalue weighted by Gasteiger charge is 2.34. The smallest absolute Gasteiger partial charge is 0.330 e. The van der Waals surface area contributed by atoms with Crippen molar-refractivity contribution in [2.45, 2.75) is 71.3 Å². The zero-order valence-electron chi connectivity index (χ0n) is 18.2. The standard InChI is InChI=1S/C25H34O5/c1-3-5-24(26)29-22-12-10-19(11-13-22)18-6-8-20(9-7-18)25(27)30-23-16-14-21(15-17-23)28-4-2/h3,5,14-20,22H,4,6-13H2,1-2H3/b5-3+. The number of carbonyl (C=O) groups excluding carboxylic acids is 2. The van der Waals surface area contributed by atoms with Gasteiger partial charge in [-0.15, -0.1) is 0 Å². The molecule has 30 heavy (non-hydrogen) atoms. The molecule has 0 aromatic heterocycles. The Balaban J connectivity index is 1.39. The summed E-state index contributed by atoms with van der Waals surface area (Å²) in [7, 11) is 0. The summed E-state index contributed by atoms with van der Waals surface area (Å²) in [6.45, 7) is 4.38. The van der Waals surface area contributed by atoms with Crippen molar-refractivity contribution in [1.29, 1.82) is 0 Å². The molecule has 2 saturated carbocycles. The van der Waals surface area contributed by atoms with Gasteiger partial charge >= 0.3 is 11.9 Å². The van der Waals surface area contributed by atoms with E-state index in [4.69, 9.17) is 14.2 Å². The summed E-state index contributed by atoms with van der Waals surface area (Å²) in [6.07, 6.45) is 11.3. The fraction of sp³-hybridized carbons (Fsp3) is 0.600. The number of ether oxygens (including phenoxy) is 3. The largest absolute Gasteiger partial charge is 0.494 e. The van der Waals surface area contributed by atoms with Crippen LogP contribution in [0.15, 0.2) is 36.4 Å². The Labute approximate surface area is 179 Å². The summed E-state index contributed by atoms with van der Waals surface area (Å²) in [5.74, 6) is 2.37. The lowest BCUT2D eigenvalue weighted by molar-refractivity contribution is -0.145. The molecule has 0 radical (unpaired) electrons. The SMILES string of the molecule is C/C=C/C(=O)OC1CCC(C2CCC(C(=O)Oc3ccc(OCC)cc3)CC2)CC1. The molecule has 0 N–H and O–H groups in total. The first-order chi connectivity index (χ1) is 14.6. The molecule has 0 aliphatic heterocycles. The maximum absolute atomic E-state index is 12.6. The van der Waals surface area contributed by atoms with Crippen LogP contribution in [0.25, 0.3) is 0 Å². The zero-order valence-corrected chi connectivity index (χ0v) is 18.2. The molecule has 1 aromatic rings. The Morgan fingerprint density at radius 3 is 2.03 bits per heavy atom. The van der Waals surface area contributed by atoms with Gasteiger partial charge in [-0.25, -0.2) is 4.79 Å². The van der Waals surface area contributed by atoms with Gasteiger partial charge in [0.2, 0.25) is 0 Å². The van der Waals surface area contributed by atoms with Crippen molar-refractivity contribution in [2.24, 2.45) is 17.8 Å². The minimum Gasteiger partial charge on any atom is -0.494 e. The van der Waals surface area contributed by atoms with E-state index in [-0.39, 0.29) is 24.0 Å². The van der Waals surface area contributed by atoms with Crippen LogP contribution in [0.1, 0.15) is 65.2 Å². The minimum atomic E-state index is -0.229. The summed E-state index contributed by atoms with van der Waals surface area (Å²) in [4.78, 5) is 24.2. The Morgan fingerprint density at radius 1 is 0.900 bits per heavy atom. The molecule has 2 aliphatic carbocycles. The Bertz CT molecular complexity index is 708. The van der Waals surface area contributed by atoms with Crippen LogP contribution >= 0.6 is 0 Å². The van der Waals surface area contributed by atoms with Gasteiger partial charge in [0.25, 0.3) is 0 Å². The van der Waals surface area contributed by atoms with Gasteiger partial charge in [0.05, 0.1) is 12.5 Å². The van der Waals surface area contributed by atoms with E-state index in [2.05, 4.69) is 0 Å². The highest BCUT2D eigenvalue weighted by atomic mass is 16.5. The Kier molecular flexibility index (Phi) is 8.35. The van der Waals surface area contributed by atoms with Crippen LogP contribution in [0.2, 0.25) is 0 Å². The lowest BCUT2D eigenvalue weighted by atomic mass is 9.70. The first-order valence-electron chi connectivity index (χ1n) is 11.4. The van der Waals surface area contributed by atoms with Gasteiger partial charge in [0, 0.05) is 6.08 Å². The average Bonchev–Trinajstić information content (AvgIpc) is 2.76. The molecule has 0 spiro atoms. The molecule has 2 fully saturated rings. The molecule has 0 atom stereocenters. The molecule has 0 bridgehead atoms. The molecule has 2 aliphatic rings. The van der Waals surface area contributed by atoms with E-state index in [0.29, 0.717) is 24.2 Å². The van der Waals surface area contributed by atoms with Crippen LogP contribution in [0.3, 0.4) is 0 Å². The first-order valence-corrected chi connectivity index (χ1v) is 11.4. The molecular weight excluding hydrogens is 380 g/mol. The van der Waals surface area contributed by atoms with Gasteiger partial charge < -0.3 is 14.2 Å². The van der Waals surface area contributed by atoms with E-state index in [1.54, 1.807) is 18.2 Å². The minimum absolute atomic E-state index is 0.00839. The van der Waals surface area contributed by atoms with E-state index < -0.39 is 0 Å². The molecule has 5 heteroatoms. The number of benzene rings is 1. The van der Waals surface area contributed by atoms with Crippen molar-refractivity contribution in [2.75, 3.05) is 6.61 Å². The van der Waals surface area contributed by atoms with Crippen LogP contribution in [-0.4, -0.2) is 24.6 Å². The van der Waals surface area contributed by atoms with Gasteiger partial charge in [-0.05, 0) is 101 Å². The molecule has 0 amide bonds. The molecule has 0 saturated heterocycles. The zero-order chi connectivity index (χ0) is 21.3. The first kappa shape index (κ1) is 22.4. The molecule has 1 aromatic carbocycles. The second-order valence-electron chi connectivity index (χ2n) is 8.41.